The molecule has 2 aliphatic heterocycles. The minimum Gasteiger partial charge on any atom is -0.387 e. The Hall–Kier alpha value is -2.93. The van der Waals surface area contributed by atoms with Gasteiger partial charge < -0.3 is 77.1 Å². The number of hydrogen-bond donors (Lipinski definition) is 4. The van der Waals surface area contributed by atoms with Gasteiger partial charge in [-0.05, 0) is 37.3 Å². The van der Waals surface area contributed by atoms with E-state index in [2.05, 4.69) is 25.4 Å². The van der Waals surface area contributed by atoms with Gasteiger partial charge in [0.1, 0.15) is 42.5 Å². The van der Waals surface area contributed by atoms with Gasteiger partial charge in [0.25, 0.3) is 0 Å². The van der Waals surface area contributed by atoms with Crippen LogP contribution in [0.5, 0.6) is 0 Å². The molecule has 70 heavy (non-hydrogen) atoms. The molecule has 3 fully saturated rings. The van der Waals surface area contributed by atoms with Crippen molar-refractivity contribution in [3.8, 4) is 0 Å². The Balaban J connectivity index is 0.753. The maximum Gasteiger partial charge on any atom is 0.350 e. The maximum absolute atomic E-state index is 13.2. The van der Waals surface area contributed by atoms with E-state index in [1.807, 2.05) is 4.90 Å². The van der Waals surface area contributed by atoms with Crippen molar-refractivity contribution in [2.45, 2.75) is 75.0 Å². The Morgan fingerprint density at radius 1 is 0.800 bits per heavy atom. The van der Waals surface area contributed by atoms with E-state index in [1.54, 1.807) is 10.9 Å². The number of aromatic nitrogens is 7. The third kappa shape index (κ3) is 17.6. The maximum atomic E-state index is 13.2. The predicted octanol–water partition coefficient (Wildman–Crippen LogP) is -0.0720. The van der Waals surface area contributed by atoms with Crippen LogP contribution in [0.4, 0.5) is 5.82 Å². The molecule has 4 N–H and O–H groups in total. The highest BCUT2D eigenvalue weighted by Crippen LogP contribution is 2.48. The van der Waals surface area contributed by atoms with E-state index in [-0.39, 0.29) is 41.9 Å². The zero-order valence-electron chi connectivity index (χ0n) is 39.0. The molecule has 6 rings (SSSR count). The summed E-state index contributed by atoms with van der Waals surface area (Å²) in [6.45, 7) is 7.42. The number of halogens is 1. The molecule has 1 aliphatic carbocycles. The Bertz CT molecular complexity index is 2170. The molecule has 1 spiro atoms. The fraction of sp³-hybridized carbons (Fsp3) is 0.805. The molecule has 0 radical (unpaired) electrons. The topological polar surface area (TPSA) is 319 Å². The van der Waals surface area contributed by atoms with Gasteiger partial charge in [0, 0.05) is 24.9 Å². The Labute approximate surface area is 410 Å². The molecule has 3 aliphatic rings. The molecule has 0 amide bonds. The summed E-state index contributed by atoms with van der Waals surface area (Å²) in [5.41, 5.74) is 0.859. The SMILES string of the molecule is O=CCCOCCOCCOCCOCCn1cc(COCCOCCOCCOCCS(=O)(=O)C2CCC3(CC2)CN(c2nc(Cl)nc4c2cnn4[C@@H]2O[C@H](COCP(=O)(O)O)[C@@H](O)[C@H]2O)C3)nn1. The minimum absolute atomic E-state index is 0.0677. The number of anilines is 1. The first kappa shape index (κ1) is 56.4. The first-order chi connectivity index (χ1) is 33.8. The van der Waals surface area contributed by atoms with Crippen molar-refractivity contribution in [3.05, 3.63) is 23.4 Å². The van der Waals surface area contributed by atoms with E-state index in [9.17, 15) is 28.0 Å². The number of hydrogen-bond acceptors (Lipinski definition) is 22. The van der Waals surface area contributed by atoms with Gasteiger partial charge in [-0.3, -0.25) is 4.57 Å². The van der Waals surface area contributed by atoms with Crippen molar-refractivity contribution in [3.63, 3.8) is 0 Å². The van der Waals surface area contributed by atoms with Crippen LogP contribution < -0.4 is 4.90 Å². The second-order valence-corrected chi connectivity index (χ2v) is 21.4. The quantitative estimate of drug-likeness (QED) is 0.0256. The van der Waals surface area contributed by atoms with Crippen LogP contribution in [0.3, 0.4) is 0 Å². The van der Waals surface area contributed by atoms with E-state index < -0.39 is 53.6 Å². The van der Waals surface area contributed by atoms with Gasteiger partial charge in [0.2, 0.25) is 5.28 Å². The molecule has 3 aromatic heterocycles. The molecule has 0 bridgehead atoms. The zero-order chi connectivity index (χ0) is 49.8. The van der Waals surface area contributed by atoms with Crippen LogP contribution in [0.1, 0.15) is 44.0 Å². The van der Waals surface area contributed by atoms with E-state index in [4.69, 9.17) is 68.8 Å². The molecule has 0 unspecified atom stereocenters. The number of nitrogens with zero attached hydrogens (tertiary/aromatic N) is 8. The normalized spacial score (nSPS) is 20.8. The number of carbonyl (C=O) groups is 1. The van der Waals surface area contributed by atoms with Gasteiger partial charge in [0.15, 0.2) is 21.7 Å². The van der Waals surface area contributed by atoms with E-state index >= 15 is 0 Å². The highest BCUT2D eigenvalue weighted by Gasteiger charge is 2.49. The first-order valence-corrected chi connectivity index (χ1v) is 27.1. The highest BCUT2D eigenvalue weighted by atomic mass is 35.5. The summed E-state index contributed by atoms with van der Waals surface area (Å²) in [7, 11) is -7.81. The highest BCUT2D eigenvalue weighted by molar-refractivity contribution is 7.92. The van der Waals surface area contributed by atoms with Crippen LogP contribution in [0.2, 0.25) is 5.28 Å². The largest absolute Gasteiger partial charge is 0.387 e. The molecular weight excluding hydrogens is 991 g/mol. The zero-order valence-corrected chi connectivity index (χ0v) is 41.5. The van der Waals surface area contributed by atoms with E-state index in [0.29, 0.717) is 148 Å². The van der Waals surface area contributed by atoms with Gasteiger partial charge in [-0.15, -0.1) is 5.10 Å². The Morgan fingerprint density at radius 2 is 1.39 bits per heavy atom. The molecule has 0 aromatic carbocycles. The molecule has 3 aromatic rings. The number of ether oxygens (including phenoxy) is 10. The van der Waals surface area contributed by atoms with Gasteiger partial charge in [-0.25, -0.2) is 17.8 Å². The van der Waals surface area contributed by atoms with E-state index in [1.165, 1.54) is 10.9 Å². The number of aliphatic hydroxyl groups is 2. The van der Waals surface area contributed by atoms with Crippen molar-refractivity contribution in [1.82, 2.24) is 34.7 Å². The third-order valence-corrected chi connectivity index (χ3v) is 14.7. The monoisotopic (exact) mass is 1060 g/mol. The molecule has 29 heteroatoms. The average Bonchev–Trinajstić information content (AvgIpc) is 4.03. The summed E-state index contributed by atoms with van der Waals surface area (Å²) in [5, 5.41) is 33.9. The standard InChI is InChI=1S/C41H66ClN8O18PS/c42-40-44-37(33-24-43-50(38(33)45-40)39-36(53)35(52)34(68-39)27-67-30-69(54,55)56)48-28-41(29-48)4-2-32(3-5-41)70(57,58)23-22-65-19-18-63-16-17-64-20-21-66-26-31-25-49(47-46-31)6-9-60-11-13-62-15-14-61-12-10-59-8-1-7-51/h7,24-25,32,34-36,39,52-53H,1-6,8-23,26-30H2,(H2,54,55,56)/t34-,35-,36-,39-/m1/s1. The lowest BCUT2D eigenvalue weighted by Crippen LogP contribution is -2.58. The number of carbonyl (C=O) groups excluding carboxylic acids is 1. The molecule has 396 valence electrons. The smallest absolute Gasteiger partial charge is 0.350 e. The van der Waals surface area contributed by atoms with Gasteiger partial charge >= 0.3 is 7.60 Å². The fourth-order valence-electron chi connectivity index (χ4n) is 8.20. The lowest BCUT2D eigenvalue weighted by atomic mass is 9.68. The molecule has 4 atom stereocenters. The summed E-state index contributed by atoms with van der Waals surface area (Å²) in [5.74, 6) is 0.456. The molecule has 2 saturated heterocycles. The summed E-state index contributed by atoms with van der Waals surface area (Å²) < 4.78 is 95.3. The van der Waals surface area contributed by atoms with Crippen LogP contribution in [-0.4, -0.2) is 224 Å². The predicted molar refractivity (Wildman–Crippen MR) is 246 cm³/mol. The minimum atomic E-state index is -4.44. The Morgan fingerprint density at radius 3 is 2.00 bits per heavy atom. The summed E-state index contributed by atoms with van der Waals surface area (Å²) in [6, 6.07) is 0. The fourth-order valence-corrected chi connectivity index (χ4v) is 10.3. The van der Waals surface area contributed by atoms with Crippen LogP contribution >= 0.6 is 19.2 Å². The van der Waals surface area contributed by atoms with Crippen molar-refractivity contribution < 1.29 is 85.1 Å². The number of aldehydes is 1. The lowest BCUT2D eigenvalue weighted by molar-refractivity contribution is -0.109. The molecule has 26 nitrogen and oxygen atoms in total. The van der Waals surface area contributed by atoms with Crippen molar-refractivity contribution in [1.29, 1.82) is 0 Å². The van der Waals surface area contributed by atoms with Crippen molar-refractivity contribution in [2.24, 2.45) is 5.41 Å². The number of fused-ring (bicyclic) bond motifs is 1. The van der Waals surface area contributed by atoms with Crippen LogP contribution in [0, 0.1) is 5.41 Å². The summed E-state index contributed by atoms with van der Waals surface area (Å²) in [6.07, 6.45) is 1.01. The van der Waals surface area contributed by atoms with Crippen LogP contribution in [0.15, 0.2) is 12.4 Å². The number of aliphatic hydroxyl groups excluding tert-OH is 2. The molecular formula is C41H66ClN8O18PS. The van der Waals surface area contributed by atoms with Crippen molar-refractivity contribution in [2.75, 3.05) is 136 Å². The van der Waals surface area contributed by atoms with Crippen molar-refractivity contribution >= 4 is 52.2 Å². The van der Waals surface area contributed by atoms with Gasteiger partial charge in [0.05, 0.1) is 148 Å². The second kappa shape index (κ2) is 28.5. The summed E-state index contributed by atoms with van der Waals surface area (Å²) in [4.78, 5) is 39.1. The molecule has 1 saturated carbocycles. The lowest BCUT2D eigenvalue weighted by Gasteiger charge is -2.54. The second-order valence-electron chi connectivity index (χ2n) is 17.0. The number of rotatable bonds is 36. The first-order valence-electron chi connectivity index (χ1n) is 23.2. The van der Waals surface area contributed by atoms with Gasteiger partial charge in [-0.1, -0.05) is 5.21 Å². The van der Waals surface area contributed by atoms with Crippen LogP contribution in [-0.2, 0) is 79.7 Å². The number of sulfone groups is 1. The van der Waals surface area contributed by atoms with Gasteiger partial charge in [-0.2, -0.15) is 15.1 Å². The Kier molecular flexibility index (Phi) is 23.0. The molecule has 5 heterocycles. The van der Waals surface area contributed by atoms with Crippen LogP contribution in [0.25, 0.3) is 11.0 Å². The summed E-state index contributed by atoms with van der Waals surface area (Å²) >= 11 is 6.35. The van der Waals surface area contributed by atoms with E-state index in [0.717, 1.165) is 19.1 Å². The third-order valence-electron chi connectivity index (χ3n) is 11.8. The average molecular weight is 1060 g/mol.